The monoisotopic (exact) mass is 276 g/mol. The van der Waals surface area contributed by atoms with Crippen molar-refractivity contribution in [2.24, 2.45) is 5.92 Å². The third-order valence-electron chi connectivity index (χ3n) is 3.89. The molecule has 0 saturated heterocycles. The Morgan fingerprint density at radius 2 is 2.00 bits per heavy atom. The first kappa shape index (κ1) is 14.5. The third-order valence-corrected chi connectivity index (χ3v) is 3.89. The molecule has 5 heteroatoms. The SMILES string of the molecule is Cc1nc(C(=O)N(C)CC2CCCC2)ccc1C(=O)O. The predicted molar refractivity (Wildman–Crippen MR) is 74.9 cm³/mol. The normalized spacial score (nSPS) is 15.3. The number of pyridine rings is 1. The highest BCUT2D eigenvalue weighted by Crippen LogP contribution is 2.25. The molecule has 1 fully saturated rings. The fourth-order valence-electron chi connectivity index (χ4n) is 2.76. The number of nitrogens with zero attached hydrogens (tertiary/aromatic N) is 2. The Labute approximate surface area is 118 Å². The highest BCUT2D eigenvalue weighted by Gasteiger charge is 2.21. The molecule has 108 valence electrons. The van der Waals surface area contributed by atoms with Crippen LogP contribution in [0.15, 0.2) is 12.1 Å². The quantitative estimate of drug-likeness (QED) is 0.916. The first-order valence-electron chi connectivity index (χ1n) is 6.95. The Morgan fingerprint density at radius 3 is 2.55 bits per heavy atom. The first-order valence-corrected chi connectivity index (χ1v) is 6.95. The maximum absolute atomic E-state index is 12.3. The minimum Gasteiger partial charge on any atom is -0.478 e. The summed E-state index contributed by atoms with van der Waals surface area (Å²) in [6, 6.07) is 2.94. The Balaban J connectivity index is 2.08. The van der Waals surface area contributed by atoms with Gasteiger partial charge in [0, 0.05) is 13.6 Å². The molecule has 1 aliphatic rings. The van der Waals surface area contributed by atoms with Gasteiger partial charge >= 0.3 is 5.97 Å². The summed E-state index contributed by atoms with van der Waals surface area (Å²) in [4.78, 5) is 29.0. The minimum atomic E-state index is -1.02. The van der Waals surface area contributed by atoms with Gasteiger partial charge in [0.25, 0.3) is 5.91 Å². The lowest BCUT2D eigenvalue weighted by atomic mass is 10.1. The summed E-state index contributed by atoms with van der Waals surface area (Å²) in [5.41, 5.74) is 0.825. The predicted octanol–water partition coefficient (Wildman–Crippen LogP) is 2.35. The molecule has 1 aromatic rings. The third kappa shape index (κ3) is 3.15. The Kier molecular flexibility index (Phi) is 4.37. The smallest absolute Gasteiger partial charge is 0.337 e. The Hall–Kier alpha value is -1.91. The van der Waals surface area contributed by atoms with Crippen LogP contribution in [0.5, 0.6) is 0 Å². The standard InChI is InChI=1S/C15H20N2O3/c1-10-12(15(19)20)7-8-13(16-10)14(18)17(2)9-11-5-3-4-6-11/h7-8,11H,3-6,9H2,1-2H3,(H,19,20). The summed E-state index contributed by atoms with van der Waals surface area (Å²) in [5, 5.41) is 8.96. The van der Waals surface area contributed by atoms with Gasteiger partial charge < -0.3 is 10.0 Å². The lowest BCUT2D eigenvalue weighted by Gasteiger charge is -2.21. The zero-order chi connectivity index (χ0) is 14.7. The van der Waals surface area contributed by atoms with Crippen molar-refractivity contribution in [3.63, 3.8) is 0 Å². The molecule has 1 amide bonds. The molecule has 0 aromatic carbocycles. The fourth-order valence-corrected chi connectivity index (χ4v) is 2.76. The zero-order valence-corrected chi connectivity index (χ0v) is 11.9. The van der Waals surface area contributed by atoms with Gasteiger partial charge in [-0.2, -0.15) is 0 Å². The molecule has 5 nitrogen and oxygen atoms in total. The van der Waals surface area contributed by atoms with E-state index in [1.165, 1.54) is 37.8 Å². The Bertz CT molecular complexity index is 522. The fraction of sp³-hybridized carbons (Fsp3) is 0.533. The van der Waals surface area contributed by atoms with Gasteiger partial charge in [-0.25, -0.2) is 9.78 Å². The second-order valence-electron chi connectivity index (χ2n) is 5.47. The number of aryl methyl sites for hydroxylation is 1. The van der Waals surface area contributed by atoms with Crippen molar-refractivity contribution in [1.29, 1.82) is 0 Å². The lowest BCUT2D eigenvalue weighted by Crippen LogP contribution is -2.31. The molecule has 1 aliphatic carbocycles. The van der Waals surface area contributed by atoms with Crippen molar-refractivity contribution >= 4 is 11.9 Å². The average Bonchev–Trinajstić information content (AvgIpc) is 2.90. The van der Waals surface area contributed by atoms with Gasteiger partial charge in [-0.1, -0.05) is 12.8 Å². The van der Waals surface area contributed by atoms with Crippen LogP contribution in [0.1, 0.15) is 52.2 Å². The van der Waals surface area contributed by atoms with E-state index in [4.69, 9.17) is 5.11 Å². The second-order valence-corrected chi connectivity index (χ2v) is 5.47. The summed E-state index contributed by atoms with van der Waals surface area (Å²) in [5.74, 6) is -0.575. The Morgan fingerprint density at radius 1 is 1.35 bits per heavy atom. The molecule has 2 rings (SSSR count). The van der Waals surface area contributed by atoms with Crippen LogP contribution in [-0.2, 0) is 0 Å². The molecular weight excluding hydrogens is 256 g/mol. The maximum atomic E-state index is 12.3. The number of aromatic carboxylic acids is 1. The van der Waals surface area contributed by atoms with Gasteiger partial charge in [0.1, 0.15) is 5.69 Å². The van der Waals surface area contributed by atoms with Gasteiger partial charge in [0.2, 0.25) is 0 Å². The van der Waals surface area contributed by atoms with E-state index >= 15 is 0 Å². The second kappa shape index (κ2) is 6.03. The molecule has 1 heterocycles. The van der Waals surface area contributed by atoms with E-state index in [2.05, 4.69) is 4.98 Å². The minimum absolute atomic E-state index is 0.139. The number of carbonyl (C=O) groups is 2. The molecule has 0 aliphatic heterocycles. The van der Waals surface area contributed by atoms with E-state index in [1.807, 2.05) is 0 Å². The van der Waals surface area contributed by atoms with Crippen LogP contribution in [-0.4, -0.2) is 40.5 Å². The molecule has 0 unspecified atom stereocenters. The topological polar surface area (TPSA) is 70.5 Å². The lowest BCUT2D eigenvalue weighted by molar-refractivity contribution is 0.0692. The van der Waals surface area contributed by atoms with Crippen LogP contribution < -0.4 is 0 Å². The van der Waals surface area contributed by atoms with Crippen LogP contribution in [0.25, 0.3) is 0 Å². The summed E-state index contributed by atoms with van der Waals surface area (Å²) >= 11 is 0. The highest BCUT2D eigenvalue weighted by atomic mass is 16.4. The van der Waals surface area contributed by atoms with E-state index in [1.54, 1.807) is 18.9 Å². The molecule has 1 aromatic heterocycles. The largest absolute Gasteiger partial charge is 0.478 e. The number of amides is 1. The number of hydrogen-bond acceptors (Lipinski definition) is 3. The molecule has 0 radical (unpaired) electrons. The highest BCUT2D eigenvalue weighted by molar-refractivity contribution is 5.94. The summed E-state index contributed by atoms with van der Waals surface area (Å²) in [7, 11) is 1.78. The van der Waals surface area contributed by atoms with Crippen LogP contribution in [0, 0.1) is 12.8 Å². The van der Waals surface area contributed by atoms with E-state index in [-0.39, 0.29) is 11.5 Å². The van der Waals surface area contributed by atoms with E-state index in [0.717, 1.165) is 6.54 Å². The number of carboxylic acid groups (broad SMARTS) is 1. The van der Waals surface area contributed by atoms with Gasteiger partial charge in [-0.05, 0) is 37.8 Å². The number of carboxylic acids is 1. The van der Waals surface area contributed by atoms with Crippen molar-refractivity contribution in [2.45, 2.75) is 32.6 Å². The number of aromatic nitrogens is 1. The number of rotatable bonds is 4. The number of carbonyl (C=O) groups excluding carboxylic acids is 1. The summed E-state index contributed by atoms with van der Waals surface area (Å²) in [6.07, 6.45) is 4.86. The summed E-state index contributed by atoms with van der Waals surface area (Å²) in [6.45, 7) is 2.36. The van der Waals surface area contributed by atoms with E-state index in [0.29, 0.717) is 17.3 Å². The van der Waals surface area contributed by atoms with Crippen LogP contribution in [0.3, 0.4) is 0 Å². The van der Waals surface area contributed by atoms with Crippen molar-refractivity contribution < 1.29 is 14.7 Å². The van der Waals surface area contributed by atoms with Gasteiger partial charge in [-0.3, -0.25) is 4.79 Å². The van der Waals surface area contributed by atoms with Crippen LogP contribution in [0.4, 0.5) is 0 Å². The van der Waals surface area contributed by atoms with Crippen LogP contribution in [0.2, 0.25) is 0 Å². The van der Waals surface area contributed by atoms with Gasteiger partial charge in [0.05, 0.1) is 11.3 Å². The van der Waals surface area contributed by atoms with Crippen molar-refractivity contribution in [3.8, 4) is 0 Å². The molecule has 1 N–H and O–H groups in total. The van der Waals surface area contributed by atoms with Crippen molar-refractivity contribution in [3.05, 3.63) is 29.1 Å². The molecule has 1 saturated carbocycles. The molecule has 20 heavy (non-hydrogen) atoms. The van der Waals surface area contributed by atoms with Gasteiger partial charge in [0.15, 0.2) is 0 Å². The molecule has 0 atom stereocenters. The number of hydrogen-bond donors (Lipinski definition) is 1. The molecule has 0 spiro atoms. The van der Waals surface area contributed by atoms with Crippen LogP contribution >= 0.6 is 0 Å². The van der Waals surface area contributed by atoms with Crippen molar-refractivity contribution in [1.82, 2.24) is 9.88 Å². The maximum Gasteiger partial charge on any atom is 0.337 e. The van der Waals surface area contributed by atoms with Gasteiger partial charge in [-0.15, -0.1) is 0 Å². The summed E-state index contributed by atoms with van der Waals surface area (Å²) < 4.78 is 0. The zero-order valence-electron chi connectivity index (χ0n) is 11.9. The van der Waals surface area contributed by atoms with E-state index in [9.17, 15) is 9.59 Å². The van der Waals surface area contributed by atoms with E-state index < -0.39 is 5.97 Å². The molecular formula is C15H20N2O3. The molecule has 0 bridgehead atoms. The average molecular weight is 276 g/mol. The van der Waals surface area contributed by atoms with Crippen molar-refractivity contribution in [2.75, 3.05) is 13.6 Å². The first-order chi connectivity index (χ1) is 9.49.